The molecular formula is C19H29NO4. The van der Waals surface area contributed by atoms with Crippen LogP contribution < -0.4 is 0 Å². The van der Waals surface area contributed by atoms with Crippen LogP contribution in [0.4, 0.5) is 0 Å². The van der Waals surface area contributed by atoms with Crippen molar-refractivity contribution < 1.29 is 19.5 Å². The van der Waals surface area contributed by atoms with Crippen LogP contribution >= 0.6 is 0 Å². The second kappa shape index (κ2) is 9.60. The summed E-state index contributed by atoms with van der Waals surface area (Å²) in [7, 11) is 0. The molecule has 0 saturated carbocycles. The van der Waals surface area contributed by atoms with E-state index in [1.807, 2.05) is 12.2 Å². The Balaban J connectivity index is 1.51. The van der Waals surface area contributed by atoms with Crippen molar-refractivity contribution in [2.45, 2.75) is 70.6 Å². The summed E-state index contributed by atoms with van der Waals surface area (Å²) in [6.45, 7) is 0.573. The fourth-order valence-corrected chi connectivity index (χ4v) is 3.70. The van der Waals surface area contributed by atoms with Crippen LogP contribution in [0.5, 0.6) is 0 Å². The molecular weight excluding hydrogens is 306 g/mol. The van der Waals surface area contributed by atoms with Crippen LogP contribution in [0.15, 0.2) is 12.2 Å². The van der Waals surface area contributed by atoms with Gasteiger partial charge in [0.15, 0.2) is 0 Å². The fourth-order valence-electron chi connectivity index (χ4n) is 3.70. The molecule has 1 fully saturated rings. The summed E-state index contributed by atoms with van der Waals surface area (Å²) in [5, 5.41) is 8.55. The van der Waals surface area contributed by atoms with Gasteiger partial charge in [-0.2, -0.15) is 0 Å². The summed E-state index contributed by atoms with van der Waals surface area (Å²) in [6.07, 6.45) is 13.9. The number of aliphatic carboxylic acids is 1. The number of carbonyl (C=O) groups is 3. The van der Waals surface area contributed by atoms with E-state index < -0.39 is 5.97 Å². The van der Waals surface area contributed by atoms with Gasteiger partial charge in [0, 0.05) is 13.0 Å². The number of allylic oxidation sites excluding steroid dienone is 2. The van der Waals surface area contributed by atoms with Crippen molar-refractivity contribution in [3.05, 3.63) is 12.2 Å². The summed E-state index contributed by atoms with van der Waals surface area (Å²) >= 11 is 0. The highest BCUT2D eigenvalue weighted by atomic mass is 16.4. The van der Waals surface area contributed by atoms with Crippen molar-refractivity contribution in [2.75, 3.05) is 6.54 Å². The first kappa shape index (κ1) is 18.7. The molecule has 0 aromatic rings. The predicted octanol–water partition coefficient (Wildman–Crippen LogP) is 3.53. The maximum absolute atomic E-state index is 12.3. The summed E-state index contributed by atoms with van der Waals surface area (Å²) < 4.78 is 0. The highest BCUT2D eigenvalue weighted by molar-refractivity contribution is 6.05. The number of fused-ring (bicyclic) bond motifs is 1. The van der Waals surface area contributed by atoms with E-state index in [1.165, 1.54) is 4.90 Å². The van der Waals surface area contributed by atoms with Crippen LogP contribution in [-0.2, 0) is 14.4 Å². The van der Waals surface area contributed by atoms with Gasteiger partial charge in [-0.3, -0.25) is 19.3 Å². The van der Waals surface area contributed by atoms with E-state index in [0.29, 0.717) is 19.4 Å². The third kappa shape index (κ3) is 5.18. The SMILES string of the molecule is O=C(O)CCCCCCCCCCN1C(=O)C2CC=CCC2C1=O. The van der Waals surface area contributed by atoms with Crippen LogP contribution in [0.1, 0.15) is 70.6 Å². The van der Waals surface area contributed by atoms with E-state index in [4.69, 9.17) is 5.11 Å². The molecule has 24 heavy (non-hydrogen) atoms. The van der Waals surface area contributed by atoms with Gasteiger partial charge >= 0.3 is 5.97 Å². The van der Waals surface area contributed by atoms with Gasteiger partial charge in [0.25, 0.3) is 0 Å². The number of carbonyl (C=O) groups excluding carboxylic acids is 2. The Bertz CT molecular complexity index is 460. The van der Waals surface area contributed by atoms with Crippen LogP contribution in [0, 0.1) is 11.8 Å². The van der Waals surface area contributed by atoms with E-state index in [-0.39, 0.29) is 30.1 Å². The van der Waals surface area contributed by atoms with Gasteiger partial charge in [-0.15, -0.1) is 0 Å². The molecule has 5 nitrogen and oxygen atoms in total. The van der Waals surface area contributed by atoms with E-state index >= 15 is 0 Å². The van der Waals surface area contributed by atoms with Crippen molar-refractivity contribution in [1.29, 1.82) is 0 Å². The molecule has 1 saturated heterocycles. The number of likely N-dealkylation sites (tertiary alicyclic amines) is 1. The minimum absolute atomic E-state index is 0.0350. The summed E-state index contributed by atoms with van der Waals surface area (Å²) in [4.78, 5) is 36.5. The number of imide groups is 1. The maximum Gasteiger partial charge on any atom is 0.303 e. The minimum Gasteiger partial charge on any atom is -0.481 e. The molecule has 1 heterocycles. The van der Waals surface area contributed by atoms with Crippen molar-refractivity contribution in [1.82, 2.24) is 4.90 Å². The molecule has 0 radical (unpaired) electrons. The second-order valence-electron chi connectivity index (χ2n) is 6.96. The number of hydrogen-bond acceptors (Lipinski definition) is 3. The Morgan fingerprint density at radius 1 is 0.875 bits per heavy atom. The largest absolute Gasteiger partial charge is 0.481 e. The Morgan fingerprint density at radius 3 is 1.83 bits per heavy atom. The van der Waals surface area contributed by atoms with Gasteiger partial charge in [0.1, 0.15) is 0 Å². The zero-order chi connectivity index (χ0) is 17.4. The molecule has 2 amide bonds. The van der Waals surface area contributed by atoms with Gasteiger partial charge < -0.3 is 5.11 Å². The number of hydrogen-bond donors (Lipinski definition) is 1. The Hall–Kier alpha value is -1.65. The molecule has 1 N–H and O–H groups in total. The lowest BCUT2D eigenvalue weighted by Crippen LogP contribution is -2.32. The molecule has 2 unspecified atom stereocenters. The molecule has 0 bridgehead atoms. The average molecular weight is 335 g/mol. The number of rotatable bonds is 11. The average Bonchev–Trinajstić information content (AvgIpc) is 2.81. The van der Waals surface area contributed by atoms with Crippen LogP contribution in [-0.4, -0.2) is 34.3 Å². The third-order valence-corrected chi connectivity index (χ3v) is 5.12. The molecule has 0 spiro atoms. The van der Waals surface area contributed by atoms with Crippen molar-refractivity contribution in [2.24, 2.45) is 11.8 Å². The van der Waals surface area contributed by atoms with Gasteiger partial charge in [-0.25, -0.2) is 0 Å². The first-order valence-electron chi connectivity index (χ1n) is 9.33. The van der Waals surface area contributed by atoms with Gasteiger partial charge in [-0.1, -0.05) is 50.7 Å². The van der Waals surface area contributed by atoms with Crippen LogP contribution in [0.2, 0.25) is 0 Å². The normalized spacial score (nSPS) is 22.9. The van der Waals surface area contributed by atoms with E-state index in [1.54, 1.807) is 0 Å². The highest BCUT2D eigenvalue weighted by Crippen LogP contribution is 2.35. The Labute approximate surface area is 144 Å². The van der Waals surface area contributed by atoms with Gasteiger partial charge in [0.05, 0.1) is 11.8 Å². The molecule has 134 valence electrons. The third-order valence-electron chi connectivity index (χ3n) is 5.12. The topological polar surface area (TPSA) is 74.7 Å². The van der Waals surface area contributed by atoms with Crippen LogP contribution in [0.3, 0.4) is 0 Å². The Kier molecular flexibility index (Phi) is 7.47. The summed E-state index contributed by atoms with van der Waals surface area (Å²) in [5.74, 6) is -0.848. The lowest BCUT2D eigenvalue weighted by molar-refractivity contribution is -0.140. The number of amides is 2. The minimum atomic E-state index is -0.711. The number of nitrogens with zero attached hydrogens (tertiary/aromatic N) is 1. The first-order chi connectivity index (χ1) is 11.6. The molecule has 5 heteroatoms. The van der Waals surface area contributed by atoms with E-state index in [2.05, 4.69) is 0 Å². The Morgan fingerprint density at radius 2 is 1.33 bits per heavy atom. The highest BCUT2D eigenvalue weighted by Gasteiger charge is 2.46. The first-order valence-corrected chi connectivity index (χ1v) is 9.33. The lowest BCUT2D eigenvalue weighted by atomic mass is 9.85. The molecule has 0 aromatic carbocycles. The zero-order valence-corrected chi connectivity index (χ0v) is 14.4. The fraction of sp³-hybridized carbons (Fsp3) is 0.737. The smallest absolute Gasteiger partial charge is 0.303 e. The molecule has 2 rings (SSSR count). The zero-order valence-electron chi connectivity index (χ0n) is 14.4. The van der Waals surface area contributed by atoms with Crippen LogP contribution in [0.25, 0.3) is 0 Å². The number of carboxylic acid groups (broad SMARTS) is 1. The molecule has 2 atom stereocenters. The van der Waals surface area contributed by atoms with Crippen molar-refractivity contribution in [3.8, 4) is 0 Å². The molecule has 1 aliphatic heterocycles. The second-order valence-corrected chi connectivity index (χ2v) is 6.96. The summed E-state index contributed by atoms with van der Waals surface area (Å²) in [5.41, 5.74) is 0. The number of carboxylic acids is 1. The van der Waals surface area contributed by atoms with E-state index in [0.717, 1.165) is 51.4 Å². The standard InChI is InChI=1S/C19H29NO4/c21-17(22)13-7-5-3-1-2-4-6-10-14-20-18(23)15-11-8-9-12-16(15)19(20)24/h8-9,15-16H,1-7,10-14H2,(H,21,22). The van der Waals surface area contributed by atoms with E-state index in [9.17, 15) is 14.4 Å². The molecule has 2 aliphatic rings. The number of unbranched alkanes of at least 4 members (excludes halogenated alkanes) is 7. The molecule has 1 aliphatic carbocycles. The van der Waals surface area contributed by atoms with Gasteiger partial charge in [0.2, 0.25) is 11.8 Å². The van der Waals surface area contributed by atoms with Crippen molar-refractivity contribution >= 4 is 17.8 Å². The van der Waals surface area contributed by atoms with Gasteiger partial charge in [-0.05, 0) is 25.7 Å². The molecule has 0 aromatic heterocycles. The predicted molar refractivity (Wildman–Crippen MR) is 91.3 cm³/mol. The lowest BCUT2D eigenvalue weighted by Gasteiger charge is -2.14. The maximum atomic E-state index is 12.3. The van der Waals surface area contributed by atoms with Crippen molar-refractivity contribution in [3.63, 3.8) is 0 Å². The summed E-state index contributed by atoms with van der Waals surface area (Å²) in [6, 6.07) is 0. The quantitative estimate of drug-likeness (QED) is 0.356. The monoisotopic (exact) mass is 335 g/mol.